The molecule has 0 bridgehead atoms. The van der Waals surface area contributed by atoms with Crippen LogP contribution in [0.5, 0.6) is 11.8 Å². The van der Waals surface area contributed by atoms with E-state index in [2.05, 4.69) is 92.3 Å². The van der Waals surface area contributed by atoms with Crippen molar-refractivity contribution in [3.05, 3.63) is 119 Å². The van der Waals surface area contributed by atoms with E-state index in [4.69, 9.17) is 33.4 Å². The zero-order valence-corrected chi connectivity index (χ0v) is 48.2. The minimum Gasteiger partial charge on any atom is -0.491 e. The smallest absolute Gasteiger partial charge is 0.318 e. The number of carbonyl (C=O) groups excluding carboxylic acids is 3. The predicted molar refractivity (Wildman–Crippen MR) is 311 cm³/mol. The second kappa shape index (κ2) is 26.2. The largest absolute Gasteiger partial charge is 0.491 e. The van der Waals surface area contributed by atoms with Gasteiger partial charge in [0.25, 0.3) is 0 Å². The van der Waals surface area contributed by atoms with Crippen LogP contribution in [0.4, 0.5) is 11.5 Å². The number of aliphatic hydroxyl groups is 1. The number of aliphatic hydroxyl groups excluding tert-OH is 1. The van der Waals surface area contributed by atoms with Crippen molar-refractivity contribution in [2.75, 3.05) is 89.2 Å². The van der Waals surface area contributed by atoms with Gasteiger partial charge in [-0.1, -0.05) is 74.1 Å². The molecule has 0 spiro atoms. The molecule has 7 heterocycles. The summed E-state index contributed by atoms with van der Waals surface area (Å²) in [5, 5.41) is 29.8. The fourth-order valence-corrected chi connectivity index (χ4v) is 12.6. The van der Waals surface area contributed by atoms with Gasteiger partial charge in [-0.05, 0) is 68.8 Å². The lowest BCUT2D eigenvalue weighted by Crippen LogP contribution is -2.55. The van der Waals surface area contributed by atoms with E-state index >= 15 is 0 Å². The number of likely N-dealkylation sites (tertiary alicyclic amines) is 2. The number of anilines is 2. The Balaban J connectivity index is 0.731. The number of thiazole rings is 1. The van der Waals surface area contributed by atoms with Crippen LogP contribution in [0.2, 0.25) is 0 Å². The summed E-state index contributed by atoms with van der Waals surface area (Å²) in [5.41, 5.74) is 8.15. The van der Waals surface area contributed by atoms with Crippen molar-refractivity contribution in [2.45, 2.75) is 103 Å². The van der Waals surface area contributed by atoms with Crippen molar-refractivity contribution in [2.24, 2.45) is 5.92 Å². The van der Waals surface area contributed by atoms with E-state index in [9.17, 15) is 24.8 Å². The predicted octanol–water partition coefficient (Wildman–Crippen LogP) is 6.62. The number of ether oxygens (including phenoxy) is 4. The molecular weight excluding hydrogens is 1060 g/mol. The zero-order chi connectivity index (χ0) is 57.4. The number of aromatic nitrogens is 4. The Morgan fingerprint density at radius 2 is 1.77 bits per heavy atom. The molecular formula is C61H73N11O9S. The first-order valence-corrected chi connectivity index (χ1v) is 29.2. The molecule has 0 radical (unpaired) electrons. The molecule has 0 saturated carbocycles. The van der Waals surface area contributed by atoms with Crippen molar-refractivity contribution < 1.29 is 43.0 Å². The molecule has 20 nitrogen and oxygen atoms in total. The number of benzene rings is 3. The number of hydrogen-bond acceptors (Lipinski definition) is 18. The summed E-state index contributed by atoms with van der Waals surface area (Å²) < 4.78 is 30.8. The van der Waals surface area contributed by atoms with Crippen LogP contribution in [0.25, 0.3) is 21.2 Å². The SMILES string of the molecule is C=CC(=O)N1CCN(c2nc(OC[C@@H]3C[C@@H](OCCOCCOc4cc(-c5scnc5C)ccc4CNC(=O)[C@@H]4C[C@@H](O)CN4C(=O)C(c4cc(C)no4)C(C)C)CN3C)nc3c2CCN(c2cccc4ccccc24)C3)C[C@@H]1CC#N. The molecule has 3 saturated heterocycles. The van der Waals surface area contributed by atoms with Gasteiger partial charge in [-0.3, -0.25) is 19.3 Å². The maximum Gasteiger partial charge on any atom is 0.318 e. The Bertz CT molecular complexity index is 3280. The summed E-state index contributed by atoms with van der Waals surface area (Å²) in [4.78, 5) is 66.3. The first-order chi connectivity index (χ1) is 39.8. The molecule has 3 fully saturated rings. The minimum absolute atomic E-state index is 0.0398. The van der Waals surface area contributed by atoms with Gasteiger partial charge in [0.2, 0.25) is 17.7 Å². The normalized spacial score (nSPS) is 20.5. The first kappa shape index (κ1) is 57.7. The van der Waals surface area contributed by atoms with Gasteiger partial charge in [0.05, 0.1) is 84.6 Å². The number of nitrogens with zero attached hydrogens (tertiary/aromatic N) is 10. The van der Waals surface area contributed by atoms with Crippen LogP contribution in [0.15, 0.2) is 89.4 Å². The van der Waals surface area contributed by atoms with E-state index in [1.807, 2.05) is 39.0 Å². The minimum atomic E-state index is -0.865. The van der Waals surface area contributed by atoms with Crippen LogP contribution in [-0.2, 0) is 43.4 Å². The molecule has 432 valence electrons. The van der Waals surface area contributed by atoms with Gasteiger partial charge >= 0.3 is 6.01 Å². The standard InChI is InChI=1S/C61H73N11O9S/c1-7-55(74)71-22-21-70(32-44(71)17-19-62)58-49-18-20-69(51-14-10-12-41-11-8-9-13-48(41)51)35-50(49)65-61(66-58)80-36-45-29-47(34-68(45)6)78-25-23-77-24-26-79-53-28-42(57-40(5)64-37-82-57)15-16-43(53)31-63-59(75)52-30-46(73)33-72(52)60(76)56(38(2)3)54-27-39(4)67-81-54/h7-16,27-28,37-38,44-47,52,56,73H,1,17-18,20-26,29-36H2,2-6H3,(H,63,75)/t44-,45-,46+,47+,52-,56?/m0/s1. The second-order valence-corrected chi connectivity index (χ2v) is 22.9. The number of aryl methyl sites for hydroxylation is 2. The molecule has 3 amide bonds. The molecule has 6 aromatic rings. The molecule has 6 atom stereocenters. The lowest BCUT2D eigenvalue weighted by atomic mass is 9.91. The summed E-state index contributed by atoms with van der Waals surface area (Å²) in [5.74, 6) is 0.185. The van der Waals surface area contributed by atoms with Gasteiger partial charge in [-0.15, -0.1) is 11.3 Å². The van der Waals surface area contributed by atoms with Crippen LogP contribution in [0.3, 0.4) is 0 Å². The fourth-order valence-electron chi connectivity index (χ4n) is 11.8. The number of piperazine rings is 1. The van der Waals surface area contributed by atoms with E-state index < -0.39 is 18.1 Å². The Hall–Kier alpha value is -7.48. The Morgan fingerprint density at radius 3 is 2.55 bits per heavy atom. The fraction of sp³-hybridized carbons (Fsp3) is 0.475. The number of hydrogen-bond donors (Lipinski definition) is 2. The average Bonchev–Trinajstić information content (AvgIpc) is 4.45. The topological polar surface area (TPSA) is 225 Å². The van der Waals surface area contributed by atoms with Crippen LogP contribution in [0.1, 0.15) is 73.0 Å². The van der Waals surface area contributed by atoms with Crippen LogP contribution in [0, 0.1) is 31.1 Å². The number of carbonyl (C=O) groups is 3. The van der Waals surface area contributed by atoms with Crippen molar-refractivity contribution in [3.8, 4) is 28.3 Å². The number of nitrogens with one attached hydrogen (secondary N) is 1. The third-order valence-corrected chi connectivity index (χ3v) is 17.1. The van der Waals surface area contributed by atoms with Crippen LogP contribution in [-0.4, -0.2) is 167 Å². The molecule has 3 aromatic heterocycles. The monoisotopic (exact) mass is 1140 g/mol. The molecule has 1 unspecified atom stereocenters. The Morgan fingerprint density at radius 1 is 0.939 bits per heavy atom. The molecule has 4 aliphatic heterocycles. The number of amides is 3. The summed E-state index contributed by atoms with van der Waals surface area (Å²) in [6.45, 7) is 16.6. The van der Waals surface area contributed by atoms with Gasteiger partial charge in [0.15, 0.2) is 0 Å². The third kappa shape index (κ3) is 13.1. The first-order valence-electron chi connectivity index (χ1n) is 28.3. The number of fused-ring (bicyclic) bond motifs is 2. The van der Waals surface area contributed by atoms with Gasteiger partial charge in [-0.2, -0.15) is 15.2 Å². The molecule has 0 aliphatic carbocycles. The maximum atomic E-state index is 14.0. The highest BCUT2D eigenvalue weighted by Gasteiger charge is 2.43. The highest BCUT2D eigenvalue weighted by atomic mass is 32.1. The molecule has 82 heavy (non-hydrogen) atoms. The van der Waals surface area contributed by atoms with Crippen molar-refractivity contribution in [1.29, 1.82) is 5.26 Å². The summed E-state index contributed by atoms with van der Waals surface area (Å²) in [6, 6.07) is 23.8. The highest BCUT2D eigenvalue weighted by Crippen LogP contribution is 2.37. The number of β-amino-alcohol motifs (C(OH)–C–C–N with tert-alkyl or cyclic N) is 1. The quantitative estimate of drug-likeness (QED) is 0.0538. The van der Waals surface area contributed by atoms with E-state index in [0.717, 1.165) is 63.8 Å². The van der Waals surface area contributed by atoms with Crippen molar-refractivity contribution in [3.63, 3.8) is 0 Å². The van der Waals surface area contributed by atoms with Crippen LogP contribution < -0.4 is 24.6 Å². The van der Waals surface area contributed by atoms with Gasteiger partial charge < -0.3 is 53.5 Å². The Labute approximate surface area is 482 Å². The van der Waals surface area contributed by atoms with E-state index in [1.165, 1.54) is 33.1 Å². The molecule has 3 aromatic carbocycles. The summed E-state index contributed by atoms with van der Waals surface area (Å²) in [7, 11) is 2.07. The second-order valence-electron chi connectivity index (χ2n) is 22.0. The lowest BCUT2D eigenvalue weighted by molar-refractivity contribution is -0.141. The molecule has 10 rings (SSSR count). The van der Waals surface area contributed by atoms with Gasteiger partial charge in [0, 0.05) is 86.5 Å². The average molecular weight is 1140 g/mol. The molecule has 4 aliphatic rings. The number of likely N-dealkylation sites (N-methyl/N-ethyl adjacent to an activating group) is 1. The highest BCUT2D eigenvalue weighted by molar-refractivity contribution is 7.13. The number of nitriles is 1. The Kier molecular flexibility index (Phi) is 18.4. The van der Waals surface area contributed by atoms with Gasteiger partial charge in [-0.25, -0.2) is 4.98 Å². The molecule has 21 heteroatoms. The lowest BCUT2D eigenvalue weighted by Gasteiger charge is -2.42. The van der Waals surface area contributed by atoms with E-state index in [0.29, 0.717) is 82.4 Å². The van der Waals surface area contributed by atoms with E-state index in [-0.39, 0.29) is 74.4 Å². The van der Waals surface area contributed by atoms with Crippen molar-refractivity contribution >= 4 is 51.3 Å². The zero-order valence-electron chi connectivity index (χ0n) is 47.4. The summed E-state index contributed by atoms with van der Waals surface area (Å²) >= 11 is 1.54. The molecule has 2 N–H and O–H groups in total. The number of rotatable bonds is 22. The maximum absolute atomic E-state index is 14.0. The third-order valence-electron chi connectivity index (χ3n) is 16.1. The van der Waals surface area contributed by atoms with Crippen LogP contribution >= 0.6 is 11.3 Å². The van der Waals surface area contributed by atoms with Gasteiger partial charge in [0.1, 0.15) is 42.5 Å². The van der Waals surface area contributed by atoms with E-state index in [1.54, 1.807) is 23.4 Å². The summed E-state index contributed by atoms with van der Waals surface area (Å²) in [6.07, 6.45) is 2.21. The van der Waals surface area contributed by atoms with Crippen molar-refractivity contribution in [1.82, 2.24) is 40.1 Å².